The lowest BCUT2D eigenvalue weighted by Gasteiger charge is -2.28. The largest absolute Gasteiger partial charge is 0.494 e. The third-order valence-electron chi connectivity index (χ3n) is 3.84. The number of benzene rings is 1. The first-order chi connectivity index (χ1) is 12.6. The first kappa shape index (κ1) is 20.2. The summed E-state index contributed by atoms with van der Waals surface area (Å²) in [5, 5.41) is 5.45. The second kappa shape index (κ2) is 10.1. The van der Waals surface area contributed by atoms with Gasteiger partial charge in [0.05, 0.1) is 18.2 Å². The number of hydrogen-bond donors (Lipinski definition) is 2. The predicted molar refractivity (Wildman–Crippen MR) is 103 cm³/mol. The number of thioether (sulfide) groups is 1. The zero-order valence-electron chi connectivity index (χ0n) is 15.5. The van der Waals surface area contributed by atoms with E-state index in [4.69, 9.17) is 9.47 Å². The number of rotatable bonds is 9. The number of hydrogen-bond acceptors (Lipinski definition) is 5. The zero-order valence-corrected chi connectivity index (χ0v) is 16.3. The molecular formula is C19H26N2O4S. The maximum atomic E-state index is 12.6. The van der Waals surface area contributed by atoms with E-state index in [9.17, 15) is 9.59 Å². The molecule has 1 heterocycles. The lowest BCUT2D eigenvalue weighted by atomic mass is 9.95. The quantitative estimate of drug-likeness (QED) is 0.509. The summed E-state index contributed by atoms with van der Waals surface area (Å²) in [5.41, 5.74) is 1.74. The second-order valence-corrected chi connectivity index (χ2v) is 7.21. The van der Waals surface area contributed by atoms with E-state index in [2.05, 4.69) is 17.6 Å². The standard InChI is InChI=1S/C19H26N2O4S/c1-4-10-24-15-8-6-14(7-9-15)17-16(13(3)20-19(23)21-17)18(22)25-11-12-26-5-2/h6-9,17H,4-5,10-12H2,1-3H3,(H2,20,21,23). The number of urea groups is 1. The molecule has 1 aliphatic heterocycles. The molecule has 2 amide bonds. The van der Waals surface area contributed by atoms with Crippen molar-refractivity contribution in [3.05, 3.63) is 41.1 Å². The molecule has 6 nitrogen and oxygen atoms in total. The van der Waals surface area contributed by atoms with Crippen LogP contribution in [-0.4, -0.2) is 36.7 Å². The summed E-state index contributed by atoms with van der Waals surface area (Å²) in [4.78, 5) is 24.5. The third-order valence-corrected chi connectivity index (χ3v) is 4.70. The summed E-state index contributed by atoms with van der Waals surface area (Å²) in [6.45, 7) is 6.81. The van der Waals surface area contributed by atoms with E-state index in [0.29, 0.717) is 24.5 Å². The van der Waals surface area contributed by atoms with Crippen molar-refractivity contribution in [1.82, 2.24) is 10.6 Å². The van der Waals surface area contributed by atoms with Gasteiger partial charge in [-0.05, 0) is 36.8 Å². The van der Waals surface area contributed by atoms with Gasteiger partial charge in [0.15, 0.2) is 0 Å². The molecule has 7 heteroatoms. The van der Waals surface area contributed by atoms with Gasteiger partial charge in [0.2, 0.25) is 0 Å². The van der Waals surface area contributed by atoms with Crippen LogP contribution in [0.2, 0.25) is 0 Å². The Morgan fingerprint density at radius 2 is 1.92 bits per heavy atom. The molecule has 0 bridgehead atoms. The van der Waals surface area contributed by atoms with Gasteiger partial charge < -0.3 is 20.1 Å². The number of esters is 1. The summed E-state index contributed by atoms with van der Waals surface area (Å²) in [7, 11) is 0. The first-order valence-electron chi connectivity index (χ1n) is 8.82. The average Bonchev–Trinajstić information content (AvgIpc) is 2.63. The van der Waals surface area contributed by atoms with Crippen molar-refractivity contribution in [2.24, 2.45) is 0 Å². The van der Waals surface area contributed by atoms with Crippen LogP contribution in [-0.2, 0) is 9.53 Å². The van der Waals surface area contributed by atoms with Crippen LogP contribution >= 0.6 is 11.8 Å². The van der Waals surface area contributed by atoms with Crippen LogP contribution in [0.4, 0.5) is 4.79 Å². The molecule has 0 spiro atoms. The highest BCUT2D eigenvalue weighted by atomic mass is 32.2. The zero-order chi connectivity index (χ0) is 18.9. The van der Waals surface area contributed by atoms with Crippen LogP contribution in [0, 0.1) is 0 Å². The van der Waals surface area contributed by atoms with Gasteiger partial charge in [0.1, 0.15) is 12.4 Å². The molecule has 2 rings (SSSR count). The SMILES string of the molecule is CCCOc1ccc(C2NC(=O)NC(C)=C2C(=O)OCCSCC)cc1. The number of nitrogens with one attached hydrogen (secondary N) is 2. The fourth-order valence-electron chi connectivity index (χ4n) is 2.61. The summed E-state index contributed by atoms with van der Waals surface area (Å²) in [6.07, 6.45) is 0.931. The molecule has 142 valence electrons. The Labute approximate surface area is 158 Å². The molecule has 1 aromatic carbocycles. The highest BCUT2D eigenvalue weighted by Gasteiger charge is 2.32. The molecule has 0 aliphatic carbocycles. The number of amides is 2. The number of carbonyl (C=O) groups excluding carboxylic acids is 2. The van der Waals surface area contributed by atoms with Crippen molar-refractivity contribution in [1.29, 1.82) is 0 Å². The van der Waals surface area contributed by atoms with E-state index in [0.717, 1.165) is 29.2 Å². The minimum Gasteiger partial charge on any atom is -0.494 e. The Morgan fingerprint density at radius 3 is 2.58 bits per heavy atom. The molecule has 0 saturated carbocycles. The van der Waals surface area contributed by atoms with Gasteiger partial charge >= 0.3 is 12.0 Å². The molecule has 1 aromatic rings. The number of allylic oxidation sites excluding steroid dienone is 1. The van der Waals surface area contributed by atoms with Crippen LogP contribution in [0.15, 0.2) is 35.5 Å². The Hall–Kier alpha value is -2.15. The maximum Gasteiger partial charge on any atom is 0.338 e. The van der Waals surface area contributed by atoms with Crippen LogP contribution < -0.4 is 15.4 Å². The van der Waals surface area contributed by atoms with E-state index in [-0.39, 0.29) is 6.03 Å². The smallest absolute Gasteiger partial charge is 0.338 e. The van der Waals surface area contributed by atoms with Crippen molar-refractivity contribution < 1.29 is 19.1 Å². The topological polar surface area (TPSA) is 76.7 Å². The minimum absolute atomic E-state index is 0.336. The van der Waals surface area contributed by atoms with Crippen LogP contribution in [0.3, 0.4) is 0 Å². The lowest BCUT2D eigenvalue weighted by molar-refractivity contribution is -0.138. The fraction of sp³-hybridized carbons (Fsp3) is 0.474. The number of carbonyl (C=O) groups is 2. The summed E-state index contributed by atoms with van der Waals surface area (Å²) in [5.74, 6) is 2.08. The normalized spacial score (nSPS) is 16.7. The molecule has 2 N–H and O–H groups in total. The van der Waals surface area contributed by atoms with E-state index >= 15 is 0 Å². The van der Waals surface area contributed by atoms with Crippen molar-refractivity contribution >= 4 is 23.8 Å². The highest BCUT2D eigenvalue weighted by Crippen LogP contribution is 2.29. The molecule has 0 saturated heterocycles. The molecule has 1 unspecified atom stereocenters. The molecule has 0 radical (unpaired) electrons. The summed E-state index contributed by atoms with van der Waals surface area (Å²) < 4.78 is 11.0. The lowest BCUT2D eigenvalue weighted by Crippen LogP contribution is -2.45. The van der Waals surface area contributed by atoms with Crippen LogP contribution in [0.25, 0.3) is 0 Å². The maximum absolute atomic E-state index is 12.6. The van der Waals surface area contributed by atoms with E-state index in [1.54, 1.807) is 18.7 Å². The fourth-order valence-corrected chi connectivity index (χ4v) is 3.10. The molecule has 0 fully saturated rings. The van der Waals surface area contributed by atoms with Crippen LogP contribution in [0.1, 0.15) is 38.8 Å². The van der Waals surface area contributed by atoms with Gasteiger partial charge in [-0.25, -0.2) is 9.59 Å². The van der Waals surface area contributed by atoms with Crippen molar-refractivity contribution in [3.63, 3.8) is 0 Å². The van der Waals surface area contributed by atoms with E-state index in [1.807, 2.05) is 31.2 Å². The monoisotopic (exact) mass is 378 g/mol. The molecule has 1 atom stereocenters. The van der Waals surface area contributed by atoms with Gasteiger partial charge in [-0.2, -0.15) is 11.8 Å². The summed E-state index contributed by atoms with van der Waals surface area (Å²) >= 11 is 1.71. The Bertz CT molecular complexity index is 658. The highest BCUT2D eigenvalue weighted by molar-refractivity contribution is 7.99. The Balaban J connectivity index is 2.16. The Morgan fingerprint density at radius 1 is 1.19 bits per heavy atom. The minimum atomic E-state index is -0.546. The van der Waals surface area contributed by atoms with E-state index < -0.39 is 12.0 Å². The average molecular weight is 378 g/mol. The van der Waals surface area contributed by atoms with Gasteiger partial charge in [0.25, 0.3) is 0 Å². The predicted octanol–water partition coefficient (Wildman–Crippen LogP) is 3.40. The summed E-state index contributed by atoms with van der Waals surface area (Å²) in [6, 6.07) is 6.51. The van der Waals surface area contributed by atoms with Crippen molar-refractivity contribution in [2.45, 2.75) is 33.2 Å². The third kappa shape index (κ3) is 5.42. The van der Waals surface area contributed by atoms with Crippen LogP contribution in [0.5, 0.6) is 5.75 Å². The number of ether oxygens (including phenoxy) is 2. The van der Waals surface area contributed by atoms with Gasteiger partial charge in [0, 0.05) is 11.4 Å². The van der Waals surface area contributed by atoms with E-state index in [1.165, 1.54) is 0 Å². The first-order valence-corrected chi connectivity index (χ1v) is 9.98. The van der Waals surface area contributed by atoms with Crippen molar-refractivity contribution in [2.75, 3.05) is 24.7 Å². The van der Waals surface area contributed by atoms with Crippen molar-refractivity contribution in [3.8, 4) is 5.75 Å². The Kier molecular flexibility index (Phi) is 7.84. The molecular weight excluding hydrogens is 352 g/mol. The molecule has 1 aliphatic rings. The molecule has 0 aromatic heterocycles. The van der Waals surface area contributed by atoms with Gasteiger partial charge in [-0.3, -0.25) is 0 Å². The molecule has 26 heavy (non-hydrogen) atoms. The second-order valence-electron chi connectivity index (χ2n) is 5.82. The van der Waals surface area contributed by atoms with Gasteiger partial charge in [-0.1, -0.05) is 26.0 Å². The van der Waals surface area contributed by atoms with Gasteiger partial charge in [-0.15, -0.1) is 0 Å².